The van der Waals surface area contributed by atoms with Gasteiger partial charge in [-0.05, 0) is 43.9 Å². The van der Waals surface area contributed by atoms with E-state index in [1.165, 1.54) is 32.1 Å². The molecule has 2 N–H and O–H groups in total. The zero-order valence-corrected chi connectivity index (χ0v) is 13.4. The van der Waals surface area contributed by atoms with Gasteiger partial charge in [0.25, 0.3) is 0 Å². The molecule has 1 aliphatic carbocycles. The molecule has 20 heavy (non-hydrogen) atoms. The molecule has 0 aromatic heterocycles. The summed E-state index contributed by atoms with van der Waals surface area (Å²) in [4.78, 5) is 14.6. The largest absolute Gasteiger partial charge is 0.343 e. The fourth-order valence-corrected chi connectivity index (χ4v) is 3.88. The van der Waals surface area contributed by atoms with Crippen LogP contribution in [0, 0.1) is 11.8 Å². The quantitative estimate of drug-likeness (QED) is 0.862. The molecular weight excluding hydrogens is 248 g/mol. The molecule has 2 fully saturated rings. The van der Waals surface area contributed by atoms with E-state index >= 15 is 0 Å². The van der Waals surface area contributed by atoms with Gasteiger partial charge in [-0.15, -0.1) is 0 Å². The second-order valence-electron chi connectivity index (χ2n) is 7.42. The lowest BCUT2D eigenvalue weighted by atomic mass is 9.80. The number of nitrogens with two attached hydrogens (primary N) is 1. The normalized spacial score (nSPS) is 27.4. The summed E-state index contributed by atoms with van der Waals surface area (Å²) in [5.41, 5.74) is 6.22. The van der Waals surface area contributed by atoms with Crippen molar-refractivity contribution < 1.29 is 4.79 Å². The van der Waals surface area contributed by atoms with Gasteiger partial charge in [-0.3, -0.25) is 4.79 Å². The molecule has 0 aromatic rings. The van der Waals surface area contributed by atoms with E-state index < -0.39 is 0 Å². The van der Waals surface area contributed by atoms with Gasteiger partial charge in [-0.2, -0.15) is 0 Å². The van der Waals surface area contributed by atoms with E-state index in [0.29, 0.717) is 12.3 Å². The molecule has 1 unspecified atom stereocenters. The molecule has 3 heteroatoms. The van der Waals surface area contributed by atoms with Crippen LogP contribution in [0.5, 0.6) is 0 Å². The molecule has 1 saturated carbocycles. The summed E-state index contributed by atoms with van der Waals surface area (Å²) in [6, 6.07) is 0. The van der Waals surface area contributed by atoms with Crippen LogP contribution in [0.3, 0.4) is 0 Å². The van der Waals surface area contributed by atoms with Gasteiger partial charge in [0.15, 0.2) is 0 Å². The number of carbonyl (C=O) groups excluding carboxylic acids is 1. The molecule has 0 bridgehead atoms. The summed E-state index contributed by atoms with van der Waals surface area (Å²) in [6.45, 7) is 6.49. The van der Waals surface area contributed by atoms with Crippen molar-refractivity contribution in [2.45, 2.75) is 77.2 Å². The Morgan fingerprint density at radius 1 is 1.15 bits per heavy atom. The highest BCUT2D eigenvalue weighted by atomic mass is 16.2. The first-order valence-electron chi connectivity index (χ1n) is 8.57. The van der Waals surface area contributed by atoms with Crippen LogP contribution in [0.25, 0.3) is 0 Å². The minimum atomic E-state index is -0.209. The highest BCUT2D eigenvalue weighted by Gasteiger charge is 2.32. The lowest BCUT2D eigenvalue weighted by Crippen LogP contribution is -2.47. The molecule has 2 rings (SSSR count). The molecule has 0 aromatic carbocycles. The average molecular weight is 280 g/mol. The third kappa shape index (κ3) is 4.21. The van der Waals surface area contributed by atoms with Gasteiger partial charge in [0.05, 0.1) is 0 Å². The average Bonchev–Trinajstić information content (AvgIpc) is 2.64. The first-order chi connectivity index (χ1) is 9.50. The van der Waals surface area contributed by atoms with Crippen molar-refractivity contribution in [3.05, 3.63) is 0 Å². The van der Waals surface area contributed by atoms with Crippen LogP contribution in [0.1, 0.15) is 71.6 Å². The van der Waals surface area contributed by atoms with Crippen LogP contribution in [0.4, 0.5) is 0 Å². The van der Waals surface area contributed by atoms with E-state index in [0.717, 1.165) is 44.2 Å². The third-order valence-corrected chi connectivity index (χ3v) is 5.42. The Balaban J connectivity index is 1.86. The first kappa shape index (κ1) is 15.8. The number of amides is 1. The molecule has 0 spiro atoms. The van der Waals surface area contributed by atoms with Gasteiger partial charge >= 0.3 is 0 Å². The molecule has 1 saturated heterocycles. The van der Waals surface area contributed by atoms with E-state index in [9.17, 15) is 4.79 Å². The number of likely N-dealkylation sites (tertiary alicyclic amines) is 1. The second-order valence-corrected chi connectivity index (χ2v) is 7.42. The van der Waals surface area contributed by atoms with E-state index in [1.54, 1.807) is 0 Å². The summed E-state index contributed by atoms with van der Waals surface area (Å²) in [5.74, 6) is 1.83. The van der Waals surface area contributed by atoms with Crippen molar-refractivity contribution in [3.63, 3.8) is 0 Å². The van der Waals surface area contributed by atoms with Gasteiger partial charge in [0, 0.05) is 25.0 Å². The van der Waals surface area contributed by atoms with Crippen molar-refractivity contribution >= 4 is 5.91 Å². The number of nitrogens with zero attached hydrogens (tertiary/aromatic N) is 1. The van der Waals surface area contributed by atoms with Gasteiger partial charge in [0.1, 0.15) is 0 Å². The standard InChI is InChI=1S/C17H32N2O/c1-14(2)15-7-6-11-19(12-8-15)16(20)13-17(18)9-4-3-5-10-17/h14-15H,3-13,18H2,1-2H3. The molecule has 1 heterocycles. The Morgan fingerprint density at radius 2 is 1.85 bits per heavy atom. The Morgan fingerprint density at radius 3 is 2.50 bits per heavy atom. The molecule has 1 aliphatic heterocycles. The Labute approximate surface area is 124 Å². The number of rotatable bonds is 3. The first-order valence-corrected chi connectivity index (χ1v) is 8.57. The predicted molar refractivity (Wildman–Crippen MR) is 83.4 cm³/mol. The molecule has 1 atom stereocenters. The van der Waals surface area contributed by atoms with Crippen LogP contribution in [0.2, 0.25) is 0 Å². The van der Waals surface area contributed by atoms with Crippen molar-refractivity contribution in [1.29, 1.82) is 0 Å². The SMILES string of the molecule is CC(C)C1CCCN(C(=O)CC2(N)CCCCC2)CC1. The zero-order valence-electron chi connectivity index (χ0n) is 13.4. The lowest BCUT2D eigenvalue weighted by molar-refractivity contribution is -0.132. The van der Waals surface area contributed by atoms with Gasteiger partial charge in [-0.25, -0.2) is 0 Å². The molecule has 3 nitrogen and oxygen atoms in total. The van der Waals surface area contributed by atoms with E-state index in [-0.39, 0.29) is 5.54 Å². The Kier molecular flexibility index (Phi) is 5.48. The lowest BCUT2D eigenvalue weighted by Gasteiger charge is -2.34. The molecule has 0 radical (unpaired) electrons. The number of hydrogen-bond donors (Lipinski definition) is 1. The Hall–Kier alpha value is -0.570. The summed E-state index contributed by atoms with van der Waals surface area (Å²) in [5, 5.41) is 0. The van der Waals surface area contributed by atoms with Crippen molar-refractivity contribution in [2.24, 2.45) is 17.6 Å². The van der Waals surface area contributed by atoms with Gasteiger partial charge < -0.3 is 10.6 Å². The Bertz CT molecular complexity index is 321. The minimum absolute atomic E-state index is 0.209. The van der Waals surface area contributed by atoms with Crippen molar-refractivity contribution in [3.8, 4) is 0 Å². The topological polar surface area (TPSA) is 46.3 Å². The fourth-order valence-electron chi connectivity index (χ4n) is 3.88. The van der Waals surface area contributed by atoms with Gasteiger partial charge in [-0.1, -0.05) is 33.1 Å². The highest BCUT2D eigenvalue weighted by Crippen LogP contribution is 2.30. The van der Waals surface area contributed by atoms with E-state index in [2.05, 4.69) is 18.7 Å². The van der Waals surface area contributed by atoms with Crippen LogP contribution >= 0.6 is 0 Å². The van der Waals surface area contributed by atoms with Crippen LogP contribution in [-0.4, -0.2) is 29.4 Å². The second kappa shape index (κ2) is 6.93. The van der Waals surface area contributed by atoms with Crippen LogP contribution in [-0.2, 0) is 4.79 Å². The molecule has 116 valence electrons. The van der Waals surface area contributed by atoms with Gasteiger partial charge in [0.2, 0.25) is 5.91 Å². The van der Waals surface area contributed by atoms with Crippen molar-refractivity contribution in [2.75, 3.05) is 13.1 Å². The highest BCUT2D eigenvalue weighted by molar-refractivity contribution is 5.77. The monoisotopic (exact) mass is 280 g/mol. The number of carbonyl (C=O) groups is 1. The number of hydrogen-bond acceptors (Lipinski definition) is 2. The van der Waals surface area contributed by atoms with Crippen LogP contribution < -0.4 is 5.73 Å². The maximum Gasteiger partial charge on any atom is 0.224 e. The summed E-state index contributed by atoms with van der Waals surface area (Å²) < 4.78 is 0. The molecular formula is C17H32N2O. The van der Waals surface area contributed by atoms with Crippen LogP contribution in [0.15, 0.2) is 0 Å². The third-order valence-electron chi connectivity index (χ3n) is 5.42. The van der Waals surface area contributed by atoms with E-state index in [1.807, 2.05) is 0 Å². The zero-order chi connectivity index (χ0) is 14.6. The summed E-state index contributed by atoms with van der Waals surface area (Å²) >= 11 is 0. The van der Waals surface area contributed by atoms with E-state index in [4.69, 9.17) is 5.73 Å². The predicted octanol–water partition coefficient (Wildman–Crippen LogP) is 3.32. The molecule has 2 aliphatic rings. The maximum absolute atomic E-state index is 12.5. The minimum Gasteiger partial charge on any atom is -0.343 e. The summed E-state index contributed by atoms with van der Waals surface area (Å²) in [6.07, 6.45) is 9.90. The molecule has 1 amide bonds. The smallest absolute Gasteiger partial charge is 0.224 e. The van der Waals surface area contributed by atoms with Crippen molar-refractivity contribution in [1.82, 2.24) is 4.90 Å². The summed E-state index contributed by atoms with van der Waals surface area (Å²) in [7, 11) is 0. The maximum atomic E-state index is 12.5. The fraction of sp³-hybridized carbons (Fsp3) is 0.941.